The van der Waals surface area contributed by atoms with Gasteiger partial charge in [-0.15, -0.1) is 0 Å². The molecule has 1 aliphatic rings. The molecule has 2 aromatic carbocycles. The molecule has 37 heavy (non-hydrogen) atoms. The van der Waals surface area contributed by atoms with E-state index in [-0.39, 0.29) is 52.2 Å². The lowest BCUT2D eigenvalue weighted by Gasteiger charge is -2.23. The predicted octanol–water partition coefficient (Wildman–Crippen LogP) is 6.48. The van der Waals surface area contributed by atoms with Gasteiger partial charge in [-0.1, -0.05) is 12.1 Å². The predicted molar refractivity (Wildman–Crippen MR) is 126 cm³/mol. The zero-order valence-corrected chi connectivity index (χ0v) is 19.7. The number of carbonyl (C=O) groups excluding carboxylic acids is 1. The molecule has 6 nitrogen and oxygen atoms in total. The van der Waals surface area contributed by atoms with Gasteiger partial charge in [-0.2, -0.15) is 23.0 Å². The highest BCUT2D eigenvalue weighted by molar-refractivity contribution is 6.02. The summed E-state index contributed by atoms with van der Waals surface area (Å²) in [5.41, 5.74) is -4.26. The molecule has 0 radical (unpaired) electrons. The molecule has 1 aliphatic carbocycles. The maximum absolute atomic E-state index is 14.9. The first-order valence-corrected chi connectivity index (χ1v) is 11.0. The molecule has 1 fully saturated rings. The first-order chi connectivity index (χ1) is 17.4. The monoisotopic (exact) mass is 517 g/mol. The largest absolute Gasteiger partial charge is 0.478 e. The van der Waals surface area contributed by atoms with Gasteiger partial charge in [0.05, 0.1) is 22.2 Å². The lowest BCUT2D eigenvalue weighted by atomic mass is 9.87. The van der Waals surface area contributed by atoms with E-state index in [9.17, 15) is 31.5 Å². The Kier molecular flexibility index (Phi) is 6.35. The Hall–Kier alpha value is -4.15. The summed E-state index contributed by atoms with van der Waals surface area (Å²) in [6, 6.07) is 4.87. The van der Waals surface area contributed by atoms with Gasteiger partial charge in [0.1, 0.15) is 23.0 Å². The van der Waals surface area contributed by atoms with Gasteiger partial charge < -0.3 is 5.11 Å². The van der Waals surface area contributed by atoms with Crippen molar-refractivity contribution in [2.45, 2.75) is 38.3 Å². The van der Waals surface area contributed by atoms with Gasteiger partial charge >= 0.3 is 12.1 Å². The molecular formula is C26H20F5N3O3. The van der Waals surface area contributed by atoms with Crippen LogP contribution in [0.4, 0.5) is 27.6 Å². The molecule has 192 valence electrons. The van der Waals surface area contributed by atoms with Gasteiger partial charge in [0.15, 0.2) is 0 Å². The highest BCUT2D eigenvalue weighted by Crippen LogP contribution is 2.60. The maximum atomic E-state index is 14.9. The molecule has 0 aliphatic heterocycles. The minimum absolute atomic E-state index is 0.0225. The fourth-order valence-electron chi connectivity index (χ4n) is 4.36. The van der Waals surface area contributed by atoms with Crippen LogP contribution >= 0.6 is 0 Å². The number of aliphatic imine (C=N–C) groups is 1. The first kappa shape index (κ1) is 25.9. The molecule has 0 bridgehead atoms. The summed E-state index contributed by atoms with van der Waals surface area (Å²) in [5, 5.41) is 13.3. The van der Waals surface area contributed by atoms with Crippen LogP contribution in [0.1, 0.15) is 57.3 Å². The molecule has 0 amide bonds. The fraction of sp³-hybridized carbons (Fsp3) is 0.231. The van der Waals surface area contributed by atoms with Gasteiger partial charge in [-0.3, -0.25) is 9.79 Å². The highest BCUT2D eigenvalue weighted by Gasteiger charge is 2.65. The molecule has 3 aromatic rings. The number of hydrogen-bond donors (Lipinski definition) is 1. The maximum Gasteiger partial charge on any atom is 0.398 e. The third-order valence-electron chi connectivity index (χ3n) is 6.46. The minimum atomic E-state index is -4.67. The van der Waals surface area contributed by atoms with Crippen molar-refractivity contribution in [3.8, 4) is 11.3 Å². The van der Waals surface area contributed by atoms with Crippen molar-refractivity contribution in [2.24, 2.45) is 4.99 Å². The molecule has 1 heterocycles. The van der Waals surface area contributed by atoms with Gasteiger partial charge in [-0.25, -0.2) is 13.6 Å². The summed E-state index contributed by atoms with van der Waals surface area (Å²) >= 11 is 0. The summed E-state index contributed by atoms with van der Waals surface area (Å²) in [4.78, 5) is 28.8. The quantitative estimate of drug-likeness (QED) is 0.300. The van der Waals surface area contributed by atoms with Gasteiger partial charge in [0.2, 0.25) is 0 Å². The molecule has 0 saturated heterocycles. The normalized spacial score (nSPS) is 14.7. The van der Waals surface area contributed by atoms with Crippen molar-refractivity contribution in [1.82, 2.24) is 9.78 Å². The number of halogens is 5. The van der Waals surface area contributed by atoms with E-state index in [1.807, 2.05) is 0 Å². The number of benzene rings is 2. The molecule has 1 N–H and O–H groups in total. The van der Waals surface area contributed by atoms with Crippen molar-refractivity contribution in [2.75, 3.05) is 0 Å². The average molecular weight is 517 g/mol. The molecule has 11 heteroatoms. The van der Waals surface area contributed by atoms with Crippen LogP contribution < -0.4 is 0 Å². The lowest BCUT2D eigenvalue weighted by molar-refractivity contribution is -0.160. The fourth-order valence-corrected chi connectivity index (χ4v) is 4.36. The minimum Gasteiger partial charge on any atom is -0.478 e. The Balaban J connectivity index is 1.97. The van der Waals surface area contributed by atoms with E-state index < -0.39 is 40.7 Å². The number of allylic oxidation sites excluding steroid dienone is 1. The Labute approximate surface area is 207 Å². The van der Waals surface area contributed by atoms with E-state index in [4.69, 9.17) is 5.11 Å². The van der Waals surface area contributed by atoms with Crippen molar-refractivity contribution >= 4 is 30.4 Å². The Bertz CT molecular complexity index is 1480. The van der Waals surface area contributed by atoms with Crippen molar-refractivity contribution in [1.29, 1.82) is 0 Å². The second kappa shape index (κ2) is 9.06. The smallest absolute Gasteiger partial charge is 0.398 e. The topological polar surface area (TPSA) is 84.5 Å². The molecule has 0 unspecified atom stereocenters. The van der Waals surface area contributed by atoms with E-state index in [2.05, 4.69) is 16.8 Å². The number of carboxylic acid groups (broad SMARTS) is 1. The summed E-state index contributed by atoms with van der Waals surface area (Å²) in [6.45, 7) is 6.24. The van der Waals surface area contributed by atoms with E-state index in [1.54, 1.807) is 6.92 Å². The number of rotatable bonds is 6. The Morgan fingerprint density at radius 2 is 1.84 bits per heavy atom. The SMILES string of the molecule is C=Nc1c(-c2ccc(C(=O)O)cc2F)nn(C(=O)c2c(C3(C(F)(F)F)CC3)ccc(F)c2C)c1/C=C\C. The van der Waals surface area contributed by atoms with Crippen molar-refractivity contribution in [3.05, 3.63) is 76.0 Å². The van der Waals surface area contributed by atoms with E-state index in [0.717, 1.165) is 35.0 Å². The number of aromatic carboxylic acids is 1. The molecule has 0 spiro atoms. The van der Waals surface area contributed by atoms with Crippen LogP contribution in [0.15, 0.2) is 41.4 Å². The summed E-state index contributed by atoms with van der Waals surface area (Å²) < 4.78 is 72.2. The van der Waals surface area contributed by atoms with Crippen LogP contribution in [0.3, 0.4) is 0 Å². The average Bonchev–Trinajstić information content (AvgIpc) is 3.58. The third-order valence-corrected chi connectivity index (χ3v) is 6.46. The van der Waals surface area contributed by atoms with Gasteiger partial charge in [0, 0.05) is 5.56 Å². The van der Waals surface area contributed by atoms with Crippen molar-refractivity contribution in [3.63, 3.8) is 0 Å². The molecule has 0 atom stereocenters. The van der Waals surface area contributed by atoms with E-state index >= 15 is 0 Å². The van der Waals surface area contributed by atoms with Crippen LogP contribution in [-0.4, -0.2) is 39.7 Å². The van der Waals surface area contributed by atoms with Crippen LogP contribution in [0.2, 0.25) is 0 Å². The van der Waals surface area contributed by atoms with Crippen LogP contribution in [0, 0.1) is 18.6 Å². The number of nitrogens with zero attached hydrogens (tertiary/aromatic N) is 3. The zero-order chi connectivity index (χ0) is 27.3. The van der Waals surface area contributed by atoms with E-state index in [1.165, 1.54) is 19.1 Å². The Morgan fingerprint density at radius 3 is 2.35 bits per heavy atom. The summed E-state index contributed by atoms with van der Waals surface area (Å²) in [5.74, 6) is -4.28. The lowest BCUT2D eigenvalue weighted by Crippen LogP contribution is -2.32. The molecule has 1 saturated carbocycles. The Morgan fingerprint density at radius 1 is 1.16 bits per heavy atom. The second-order valence-corrected chi connectivity index (χ2v) is 8.63. The summed E-state index contributed by atoms with van der Waals surface area (Å²) in [6.07, 6.45) is -2.30. The van der Waals surface area contributed by atoms with Crippen LogP contribution in [0.25, 0.3) is 17.3 Å². The van der Waals surface area contributed by atoms with Crippen molar-refractivity contribution < 1.29 is 36.6 Å². The first-order valence-electron chi connectivity index (χ1n) is 11.0. The second-order valence-electron chi connectivity index (χ2n) is 8.63. The zero-order valence-electron chi connectivity index (χ0n) is 19.7. The van der Waals surface area contributed by atoms with Gasteiger partial charge in [0.25, 0.3) is 5.91 Å². The summed E-state index contributed by atoms with van der Waals surface area (Å²) in [7, 11) is 0. The molecule has 1 aromatic heterocycles. The van der Waals surface area contributed by atoms with Crippen LogP contribution in [-0.2, 0) is 5.41 Å². The number of aromatic nitrogens is 2. The third kappa shape index (κ3) is 4.13. The van der Waals surface area contributed by atoms with E-state index in [0.29, 0.717) is 0 Å². The molecule has 4 rings (SSSR count). The highest BCUT2D eigenvalue weighted by atomic mass is 19.4. The number of hydrogen-bond acceptors (Lipinski definition) is 4. The van der Waals surface area contributed by atoms with Crippen LogP contribution in [0.5, 0.6) is 0 Å². The standard InChI is InChI=1S/C26H20F5N3O3/c1-4-5-19-22(32-3)21(15-7-6-14(24(36)37)12-18(15)28)33-34(19)23(35)20-13(2)17(27)9-8-16(20)25(10-11-25)26(29,30)31/h4-9,12H,3,10-11H2,1-2H3,(H,36,37)/b5-4-. The number of carbonyl (C=O) groups is 2. The number of alkyl halides is 3. The molecular weight excluding hydrogens is 497 g/mol. The van der Waals surface area contributed by atoms with Gasteiger partial charge in [-0.05, 0) is 74.9 Å². The number of carboxylic acids is 1.